The Kier molecular flexibility index (Phi) is 5.71. The topological polar surface area (TPSA) is 45.2 Å². The number of pyridine rings is 1. The Morgan fingerprint density at radius 2 is 2.00 bits per heavy atom. The van der Waals surface area contributed by atoms with E-state index in [9.17, 15) is 13.6 Å². The Labute approximate surface area is 145 Å². The highest BCUT2D eigenvalue weighted by Gasteiger charge is 2.20. The van der Waals surface area contributed by atoms with Crippen molar-refractivity contribution in [2.24, 2.45) is 5.92 Å². The molecular formula is C19H21F2N3O. The number of hydrogen-bond acceptors (Lipinski definition) is 3. The summed E-state index contributed by atoms with van der Waals surface area (Å²) in [6.45, 7) is 3.03. The van der Waals surface area contributed by atoms with Gasteiger partial charge in [-0.25, -0.2) is 8.78 Å². The summed E-state index contributed by atoms with van der Waals surface area (Å²) in [5.74, 6) is -1.28. The molecule has 132 valence electrons. The number of halogens is 2. The van der Waals surface area contributed by atoms with Gasteiger partial charge < -0.3 is 5.32 Å². The zero-order chi connectivity index (χ0) is 17.6. The van der Waals surface area contributed by atoms with Crippen LogP contribution in [0.15, 0.2) is 42.7 Å². The summed E-state index contributed by atoms with van der Waals surface area (Å²) < 4.78 is 26.2. The van der Waals surface area contributed by atoms with Crippen molar-refractivity contribution in [3.63, 3.8) is 0 Å². The van der Waals surface area contributed by atoms with Gasteiger partial charge in [0.25, 0.3) is 5.91 Å². The van der Waals surface area contributed by atoms with Crippen molar-refractivity contribution in [1.82, 2.24) is 15.2 Å². The molecule has 0 radical (unpaired) electrons. The van der Waals surface area contributed by atoms with E-state index in [1.54, 1.807) is 30.6 Å². The summed E-state index contributed by atoms with van der Waals surface area (Å²) in [6, 6.07) is 7.54. The zero-order valence-corrected chi connectivity index (χ0v) is 13.9. The summed E-state index contributed by atoms with van der Waals surface area (Å²) in [5.41, 5.74) is 1.35. The van der Waals surface area contributed by atoms with Gasteiger partial charge in [-0.05, 0) is 61.7 Å². The molecule has 1 amide bonds. The van der Waals surface area contributed by atoms with Crippen molar-refractivity contribution >= 4 is 5.91 Å². The molecule has 0 atom stereocenters. The minimum Gasteiger partial charge on any atom is -0.352 e. The molecule has 0 bridgehead atoms. The Morgan fingerprint density at radius 1 is 1.20 bits per heavy atom. The number of rotatable bonds is 5. The minimum atomic E-state index is -0.813. The van der Waals surface area contributed by atoms with Crippen molar-refractivity contribution < 1.29 is 13.6 Å². The fraction of sp³-hybridized carbons (Fsp3) is 0.368. The highest BCUT2D eigenvalue weighted by atomic mass is 19.2. The first kappa shape index (κ1) is 17.5. The van der Waals surface area contributed by atoms with Crippen LogP contribution in [0.2, 0.25) is 0 Å². The molecule has 2 heterocycles. The van der Waals surface area contributed by atoms with Crippen molar-refractivity contribution in [3.8, 4) is 0 Å². The average Bonchev–Trinajstić information content (AvgIpc) is 2.64. The van der Waals surface area contributed by atoms with Gasteiger partial charge in [0.05, 0.1) is 5.56 Å². The van der Waals surface area contributed by atoms with Gasteiger partial charge in [0.1, 0.15) is 0 Å². The Morgan fingerprint density at radius 3 is 2.68 bits per heavy atom. The summed E-state index contributed by atoms with van der Waals surface area (Å²) in [6.07, 6.45) is 5.13. The van der Waals surface area contributed by atoms with Gasteiger partial charge in [0.2, 0.25) is 0 Å². The van der Waals surface area contributed by atoms with Crippen LogP contribution in [0.4, 0.5) is 8.78 Å². The predicted octanol–water partition coefficient (Wildman–Crippen LogP) is 3.00. The van der Waals surface area contributed by atoms with Crippen LogP contribution >= 0.6 is 0 Å². The monoisotopic (exact) mass is 345 g/mol. The third kappa shape index (κ3) is 4.82. The van der Waals surface area contributed by atoms with Gasteiger partial charge in [-0.2, -0.15) is 0 Å². The van der Waals surface area contributed by atoms with Crippen LogP contribution in [-0.2, 0) is 6.54 Å². The van der Waals surface area contributed by atoms with Crippen LogP contribution in [0.3, 0.4) is 0 Å². The van der Waals surface area contributed by atoms with E-state index >= 15 is 0 Å². The average molecular weight is 345 g/mol. The molecule has 4 nitrogen and oxygen atoms in total. The lowest BCUT2D eigenvalue weighted by molar-refractivity contribution is 0.0935. The van der Waals surface area contributed by atoms with E-state index in [1.807, 2.05) is 0 Å². The lowest BCUT2D eigenvalue weighted by Gasteiger charge is -2.32. The van der Waals surface area contributed by atoms with Crippen LogP contribution in [0.25, 0.3) is 0 Å². The molecule has 1 fully saturated rings. The molecule has 1 aliphatic heterocycles. The van der Waals surface area contributed by atoms with Gasteiger partial charge in [0.15, 0.2) is 11.6 Å². The van der Waals surface area contributed by atoms with Crippen molar-refractivity contribution in [1.29, 1.82) is 0 Å². The van der Waals surface area contributed by atoms with E-state index in [4.69, 9.17) is 0 Å². The van der Waals surface area contributed by atoms with Crippen LogP contribution in [0, 0.1) is 17.6 Å². The second-order valence-electron chi connectivity index (χ2n) is 6.42. The van der Waals surface area contributed by atoms with E-state index < -0.39 is 11.6 Å². The van der Waals surface area contributed by atoms with Crippen LogP contribution in [0.5, 0.6) is 0 Å². The standard InChI is InChI=1S/C19H21F2N3O/c20-17-4-3-15(10-18(17)21)13-24-8-5-14(6-9-24)11-23-19(25)16-2-1-7-22-12-16/h1-4,7,10,12,14H,5-6,8-9,11,13H2,(H,23,25). The number of piperidine rings is 1. The van der Waals surface area contributed by atoms with E-state index in [-0.39, 0.29) is 5.91 Å². The summed E-state index contributed by atoms with van der Waals surface area (Å²) in [5, 5.41) is 2.96. The number of carbonyl (C=O) groups is 1. The minimum absolute atomic E-state index is 0.0997. The zero-order valence-electron chi connectivity index (χ0n) is 13.9. The number of nitrogens with zero attached hydrogens (tertiary/aromatic N) is 2. The van der Waals surface area contributed by atoms with Crippen molar-refractivity contribution in [3.05, 3.63) is 65.5 Å². The maximum atomic E-state index is 13.3. The number of amides is 1. The molecule has 1 aromatic heterocycles. The molecule has 0 spiro atoms. The van der Waals surface area contributed by atoms with Gasteiger partial charge in [-0.15, -0.1) is 0 Å². The van der Waals surface area contributed by atoms with Crippen molar-refractivity contribution in [2.75, 3.05) is 19.6 Å². The summed E-state index contributed by atoms with van der Waals surface area (Å²) in [4.78, 5) is 18.2. The molecule has 6 heteroatoms. The molecule has 1 aliphatic rings. The van der Waals surface area contributed by atoms with Gasteiger partial charge in [-0.3, -0.25) is 14.7 Å². The SMILES string of the molecule is O=C(NCC1CCN(Cc2ccc(F)c(F)c2)CC1)c1cccnc1. The molecular weight excluding hydrogens is 324 g/mol. The molecule has 1 N–H and O–H groups in total. The Bertz CT molecular complexity index is 716. The smallest absolute Gasteiger partial charge is 0.252 e. The molecule has 0 saturated carbocycles. The lowest BCUT2D eigenvalue weighted by Crippen LogP contribution is -2.38. The largest absolute Gasteiger partial charge is 0.352 e. The number of benzene rings is 1. The van der Waals surface area contributed by atoms with Gasteiger partial charge in [0, 0.05) is 25.5 Å². The number of carbonyl (C=O) groups excluding carboxylic acids is 1. The summed E-state index contributed by atoms with van der Waals surface area (Å²) >= 11 is 0. The maximum absolute atomic E-state index is 13.3. The highest BCUT2D eigenvalue weighted by Crippen LogP contribution is 2.19. The Hall–Kier alpha value is -2.34. The van der Waals surface area contributed by atoms with E-state index in [1.165, 1.54) is 12.1 Å². The number of aromatic nitrogens is 1. The van der Waals surface area contributed by atoms with Crippen LogP contribution in [-0.4, -0.2) is 35.4 Å². The molecule has 1 aromatic carbocycles. The molecule has 0 unspecified atom stereocenters. The fourth-order valence-corrected chi connectivity index (χ4v) is 3.08. The second kappa shape index (κ2) is 8.16. The molecule has 1 saturated heterocycles. The predicted molar refractivity (Wildman–Crippen MR) is 90.9 cm³/mol. The van der Waals surface area contributed by atoms with E-state index in [0.717, 1.165) is 31.5 Å². The molecule has 0 aliphatic carbocycles. The Balaban J connectivity index is 1.42. The first-order valence-electron chi connectivity index (χ1n) is 8.46. The van der Waals surface area contributed by atoms with E-state index in [2.05, 4.69) is 15.2 Å². The molecule has 3 rings (SSSR count). The van der Waals surface area contributed by atoms with Crippen LogP contribution in [0.1, 0.15) is 28.8 Å². The first-order chi connectivity index (χ1) is 12.1. The third-order valence-corrected chi connectivity index (χ3v) is 4.57. The summed E-state index contributed by atoms with van der Waals surface area (Å²) in [7, 11) is 0. The van der Waals surface area contributed by atoms with Crippen LogP contribution < -0.4 is 5.32 Å². The number of likely N-dealkylation sites (tertiary alicyclic amines) is 1. The van der Waals surface area contributed by atoms with Crippen molar-refractivity contribution in [2.45, 2.75) is 19.4 Å². The van der Waals surface area contributed by atoms with Gasteiger partial charge >= 0.3 is 0 Å². The molecule has 2 aromatic rings. The lowest BCUT2D eigenvalue weighted by atomic mass is 9.96. The number of nitrogens with one attached hydrogen (secondary N) is 1. The maximum Gasteiger partial charge on any atom is 0.252 e. The normalized spacial score (nSPS) is 15.9. The highest BCUT2D eigenvalue weighted by molar-refractivity contribution is 5.93. The second-order valence-corrected chi connectivity index (χ2v) is 6.42. The van der Waals surface area contributed by atoms with Gasteiger partial charge in [-0.1, -0.05) is 6.07 Å². The third-order valence-electron chi connectivity index (χ3n) is 4.57. The van der Waals surface area contributed by atoms with E-state index in [0.29, 0.717) is 24.6 Å². The number of hydrogen-bond donors (Lipinski definition) is 1. The fourth-order valence-electron chi connectivity index (χ4n) is 3.08. The molecule has 25 heavy (non-hydrogen) atoms. The first-order valence-corrected chi connectivity index (χ1v) is 8.46. The quantitative estimate of drug-likeness (QED) is 0.906.